The zero-order valence-corrected chi connectivity index (χ0v) is 24.9. The van der Waals surface area contributed by atoms with Crippen molar-refractivity contribution >= 4 is 11.9 Å². The Morgan fingerprint density at radius 3 is 2.35 bits per heavy atom. The van der Waals surface area contributed by atoms with Crippen molar-refractivity contribution in [2.45, 2.75) is 57.8 Å². The lowest BCUT2D eigenvalue weighted by Crippen LogP contribution is -2.43. The number of nitrogens with one attached hydrogen (secondary N) is 1. The topological polar surface area (TPSA) is 108 Å². The summed E-state index contributed by atoms with van der Waals surface area (Å²) < 4.78 is 13.1. The number of carboxylic acids is 1. The molecule has 3 N–H and O–H groups in total. The first kappa shape index (κ1) is 32.1. The number of hydrogen-bond acceptors (Lipinski definition) is 6. The van der Waals surface area contributed by atoms with Gasteiger partial charge < -0.3 is 29.9 Å². The van der Waals surface area contributed by atoms with Crippen LogP contribution in [0.15, 0.2) is 85.5 Å². The molecule has 228 valence electrons. The van der Waals surface area contributed by atoms with Crippen LogP contribution in [0, 0.1) is 5.92 Å². The van der Waals surface area contributed by atoms with E-state index in [4.69, 9.17) is 14.6 Å². The van der Waals surface area contributed by atoms with Gasteiger partial charge in [0.15, 0.2) is 6.29 Å². The fourth-order valence-electron chi connectivity index (χ4n) is 5.39. The number of aliphatic hydroxyl groups is 1. The van der Waals surface area contributed by atoms with E-state index >= 15 is 0 Å². The molecular formula is C35H42N2O6. The molecule has 0 spiro atoms. The zero-order valence-electron chi connectivity index (χ0n) is 24.9. The average Bonchev–Trinajstić information content (AvgIpc) is 3.01. The molecule has 0 aromatic heterocycles. The highest BCUT2D eigenvalue weighted by molar-refractivity contribution is 5.77. The van der Waals surface area contributed by atoms with Crippen molar-refractivity contribution in [1.82, 2.24) is 10.2 Å². The van der Waals surface area contributed by atoms with Crippen LogP contribution in [0.3, 0.4) is 0 Å². The molecule has 1 aliphatic rings. The normalized spacial score (nSPS) is 20.1. The summed E-state index contributed by atoms with van der Waals surface area (Å²) >= 11 is 0. The van der Waals surface area contributed by atoms with Crippen molar-refractivity contribution < 1.29 is 29.3 Å². The second-order valence-corrected chi connectivity index (χ2v) is 11.1. The van der Waals surface area contributed by atoms with Crippen LogP contribution in [-0.2, 0) is 32.2 Å². The predicted octanol–water partition coefficient (Wildman–Crippen LogP) is 5.63. The largest absolute Gasteiger partial charge is 0.481 e. The monoisotopic (exact) mass is 586 g/mol. The number of nitrogens with zero attached hydrogens (tertiary/aromatic N) is 1. The summed E-state index contributed by atoms with van der Waals surface area (Å²) in [4.78, 5) is 25.1. The Kier molecular flexibility index (Phi) is 11.6. The Balaban J connectivity index is 1.51. The van der Waals surface area contributed by atoms with Gasteiger partial charge in [0, 0.05) is 44.0 Å². The Morgan fingerprint density at radius 2 is 1.67 bits per heavy atom. The van der Waals surface area contributed by atoms with Crippen LogP contribution in [-0.4, -0.2) is 53.2 Å². The van der Waals surface area contributed by atoms with E-state index < -0.39 is 12.3 Å². The third-order valence-electron chi connectivity index (χ3n) is 7.84. The molecule has 0 saturated carbocycles. The highest BCUT2D eigenvalue weighted by Crippen LogP contribution is 2.42. The fourth-order valence-corrected chi connectivity index (χ4v) is 5.39. The second-order valence-electron chi connectivity index (χ2n) is 11.1. The molecule has 8 heteroatoms. The highest BCUT2D eigenvalue weighted by atomic mass is 16.7. The number of rotatable bonds is 14. The number of hydrogen-bond donors (Lipinski definition) is 3. The lowest BCUT2D eigenvalue weighted by Gasteiger charge is -2.42. The molecule has 1 amide bonds. The summed E-state index contributed by atoms with van der Waals surface area (Å²) in [6.07, 6.45) is 1.53. The van der Waals surface area contributed by atoms with Crippen molar-refractivity contribution in [3.8, 4) is 11.1 Å². The van der Waals surface area contributed by atoms with Crippen molar-refractivity contribution in [3.63, 3.8) is 0 Å². The van der Waals surface area contributed by atoms with Crippen LogP contribution in [0.4, 0.5) is 0 Å². The smallest absolute Gasteiger partial charge is 0.303 e. The van der Waals surface area contributed by atoms with Crippen LogP contribution in [0.5, 0.6) is 0 Å². The fraction of sp³-hybridized carbons (Fsp3) is 0.371. The molecular weight excluding hydrogens is 544 g/mol. The van der Waals surface area contributed by atoms with Crippen molar-refractivity contribution in [1.29, 1.82) is 0 Å². The van der Waals surface area contributed by atoms with Gasteiger partial charge in [-0.3, -0.25) is 9.59 Å². The molecule has 8 nitrogen and oxygen atoms in total. The van der Waals surface area contributed by atoms with Crippen LogP contribution >= 0.6 is 0 Å². The minimum absolute atomic E-state index is 0.00327. The Labute approximate surface area is 254 Å². The molecule has 1 fully saturated rings. The molecule has 1 aliphatic heterocycles. The van der Waals surface area contributed by atoms with E-state index in [9.17, 15) is 14.7 Å². The summed E-state index contributed by atoms with van der Waals surface area (Å²) in [7, 11) is 2.05. The van der Waals surface area contributed by atoms with Gasteiger partial charge in [-0.1, -0.05) is 85.8 Å². The Hall–Kier alpha value is -3.82. The standard InChI is InChI=1S/C35H42N2O6/c1-4-20-37(3)22-31-24(2)34(27-14-12-25(23-38)13-15-27)43-35(42-31)28-18-16-26(17-19-28)30-9-6-5-8-29(30)21-36-32(39)10-7-11-33(40)41/h4-6,8-9,12-19,24,31,34-35,38H,1,7,10-11,20-23H2,2-3H3,(H,36,39)(H,40,41)/t24-,31+,34+,35+/m0/s1. The number of likely N-dealkylation sites (N-methyl/N-ethyl adjacent to an activating group) is 1. The zero-order chi connectivity index (χ0) is 30.8. The maximum Gasteiger partial charge on any atom is 0.303 e. The van der Waals surface area contributed by atoms with Crippen molar-refractivity contribution in [2.24, 2.45) is 5.92 Å². The molecule has 0 radical (unpaired) electrons. The van der Waals surface area contributed by atoms with E-state index in [2.05, 4.69) is 30.8 Å². The summed E-state index contributed by atoms with van der Waals surface area (Å²) in [6.45, 7) is 7.85. The summed E-state index contributed by atoms with van der Waals surface area (Å²) in [6, 6.07) is 23.9. The Morgan fingerprint density at radius 1 is 0.977 bits per heavy atom. The van der Waals surface area contributed by atoms with Crippen LogP contribution in [0.25, 0.3) is 11.1 Å². The van der Waals surface area contributed by atoms with Crippen molar-refractivity contribution in [2.75, 3.05) is 20.1 Å². The van der Waals surface area contributed by atoms with E-state index in [1.807, 2.05) is 78.9 Å². The predicted molar refractivity (Wildman–Crippen MR) is 166 cm³/mol. The molecule has 4 atom stereocenters. The van der Waals surface area contributed by atoms with Crippen LogP contribution in [0.2, 0.25) is 0 Å². The number of carboxylic acid groups (broad SMARTS) is 1. The summed E-state index contributed by atoms with van der Waals surface area (Å²) in [5.41, 5.74) is 5.79. The third kappa shape index (κ3) is 8.84. The average molecular weight is 587 g/mol. The molecule has 3 aromatic carbocycles. The molecule has 4 rings (SSSR count). The van der Waals surface area contributed by atoms with Crippen LogP contribution < -0.4 is 5.32 Å². The molecule has 0 bridgehead atoms. The molecule has 3 aromatic rings. The first-order valence-electron chi connectivity index (χ1n) is 14.8. The number of benzene rings is 3. The van der Waals surface area contributed by atoms with Crippen LogP contribution in [0.1, 0.15) is 60.8 Å². The van der Waals surface area contributed by atoms with Gasteiger partial charge >= 0.3 is 5.97 Å². The minimum atomic E-state index is -0.900. The van der Waals surface area contributed by atoms with Crippen molar-refractivity contribution in [3.05, 3.63) is 108 Å². The van der Waals surface area contributed by atoms with E-state index in [1.54, 1.807) is 0 Å². The molecule has 43 heavy (non-hydrogen) atoms. The van der Waals surface area contributed by atoms with Gasteiger partial charge in [-0.25, -0.2) is 0 Å². The molecule has 1 heterocycles. The second kappa shape index (κ2) is 15.6. The number of aliphatic hydroxyl groups excluding tert-OH is 1. The van der Waals surface area contributed by atoms with Gasteiger partial charge in [-0.15, -0.1) is 6.58 Å². The molecule has 0 aliphatic carbocycles. The number of carbonyl (C=O) groups excluding carboxylic acids is 1. The SMILES string of the molecule is C=CCN(C)C[C@H]1O[C@@H](c2ccc(-c3ccccc3CNC(=O)CCCC(=O)O)cc2)O[C@@H](c2ccc(CO)cc2)[C@H]1C. The van der Waals surface area contributed by atoms with Gasteiger partial charge in [0.25, 0.3) is 0 Å². The Bertz CT molecular complexity index is 1360. The van der Waals surface area contributed by atoms with Gasteiger partial charge in [0.05, 0.1) is 18.8 Å². The van der Waals surface area contributed by atoms with Gasteiger partial charge in [0.2, 0.25) is 5.91 Å². The van der Waals surface area contributed by atoms with Gasteiger partial charge in [-0.2, -0.15) is 0 Å². The van der Waals surface area contributed by atoms with E-state index in [0.29, 0.717) is 13.0 Å². The first-order chi connectivity index (χ1) is 20.8. The number of amides is 1. The summed E-state index contributed by atoms with van der Waals surface area (Å²) in [5.74, 6) is -0.974. The molecule has 1 saturated heterocycles. The van der Waals surface area contributed by atoms with E-state index in [0.717, 1.165) is 46.5 Å². The lowest BCUT2D eigenvalue weighted by molar-refractivity contribution is -0.275. The lowest BCUT2D eigenvalue weighted by atomic mass is 9.90. The maximum atomic E-state index is 12.2. The van der Waals surface area contributed by atoms with Gasteiger partial charge in [-0.05, 0) is 41.3 Å². The van der Waals surface area contributed by atoms with Gasteiger partial charge in [0.1, 0.15) is 0 Å². The minimum Gasteiger partial charge on any atom is -0.481 e. The molecule has 0 unspecified atom stereocenters. The third-order valence-corrected chi connectivity index (χ3v) is 7.84. The number of carbonyl (C=O) groups is 2. The maximum absolute atomic E-state index is 12.2. The highest BCUT2D eigenvalue weighted by Gasteiger charge is 2.38. The summed E-state index contributed by atoms with van der Waals surface area (Å²) in [5, 5.41) is 21.2. The number of aliphatic carboxylic acids is 1. The first-order valence-corrected chi connectivity index (χ1v) is 14.8. The quantitative estimate of drug-likeness (QED) is 0.210. The van der Waals surface area contributed by atoms with E-state index in [-0.39, 0.29) is 43.5 Å². The van der Waals surface area contributed by atoms with E-state index in [1.165, 1.54) is 0 Å². The number of ether oxygens (including phenoxy) is 2.